The Labute approximate surface area is 361 Å². The number of benzene rings is 9. The molecule has 0 aliphatic heterocycles. The van der Waals surface area contributed by atoms with Gasteiger partial charge < -0.3 is 4.90 Å². The number of hydrogen-bond acceptors (Lipinski definition) is 2. The summed E-state index contributed by atoms with van der Waals surface area (Å²) in [5.74, 6) is 0. The van der Waals surface area contributed by atoms with Gasteiger partial charge in [-0.2, -0.15) is 0 Å². The summed E-state index contributed by atoms with van der Waals surface area (Å²) in [6, 6.07) is 87.0. The van der Waals surface area contributed by atoms with Crippen molar-refractivity contribution in [1.82, 2.24) is 0 Å². The lowest BCUT2D eigenvalue weighted by Crippen LogP contribution is -2.26. The fourth-order valence-electron chi connectivity index (χ4n) is 10.1. The van der Waals surface area contributed by atoms with Crippen LogP contribution in [0.15, 0.2) is 237 Å². The number of rotatable bonds is 7. The minimum absolute atomic E-state index is 0.539. The molecule has 2 aliphatic rings. The van der Waals surface area contributed by atoms with Gasteiger partial charge in [0.05, 0.1) is 11.1 Å². The second kappa shape index (κ2) is 14.3. The molecule has 0 bridgehead atoms. The minimum Gasteiger partial charge on any atom is -0.310 e. The highest BCUT2D eigenvalue weighted by molar-refractivity contribution is 7.19. The van der Waals surface area contributed by atoms with E-state index in [-0.39, 0.29) is 0 Å². The Morgan fingerprint density at radius 2 is 0.689 bits per heavy atom. The Kier molecular flexibility index (Phi) is 8.33. The maximum atomic E-state index is 2.49. The molecule has 0 fully saturated rings. The molecule has 12 rings (SSSR count). The van der Waals surface area contributed by atoms with Crippen LogP contribution in [-0.2, 0) is 5.41 Å². The molecular formula is C59H39NS. The Bertz CT molecular complexity index is 3080. The first kappa shape index (κ1) is 35.4. The highest BCUT2D eigenvalue weighted by Crippen LogP contribution is 2.69. The van der Waals surface area contributed by atoms with Crippen molar-refractivity contribution in [2.45, 2.75) is 5.41 Å². The van der Waals surface area contributed by atoms with Gasteiger partial charge in [0.25, 0.3) is 0 Å². The Hall–Kier alpha value is -7.52. The zero-order chi connectivity index (χ0) is 40.3. The molecule has 1 aromatic heterocycles. The van der Waals surface area contributed by atoms with Gasteiger partial charge in [-0.3, -0.25) is 0 Å². The molecule has 0 saturated heterocycles. The second-order valence-corrected chi connectivity index (χ2v) is 17.0. The molecular weight excluding hydrogens is 755 g/mol. The summed E-state index contributed by atoms with van der Waals surface area (Å²) in [4.78, 5) is 5.10. The van der Waals surface area contributed by atoms with Crippen LogP contribution >= 0.6 is 11.3 Å². The predicted octanol–water partition coefficient (Wildman–Crippen LogP) is 16.2. The van der Waals surface area contributed by atoms with E-state index in [0.717, 1.165) is 17.1 Å². The lowest BCUT2D eigenvalue weighted by Gasteiger charge is -2.32. The Balaban J connectivity index is 1.19. The van der Waals surface area contributed by atoms with Crippen molar-refractivity contribution in [2.75, 3.05) is 4.90 Å². The summed E-state index contributed by atoms with van der Waals surface area (Å²) >= 11 is 1.93. The van der Waals surface area contributed by atoms with Gasteiger partial charge in [-0.15, -0.1) is 11.3 Å². The standard InChI is InChI=1S/C59H39NS/c1-5-18-40(19-6-1)42-32-36-46(37-33-42)60(47-38-34-43(35-39-47)41-20-7-2-8-21-41)53-31-17-30-52-54(53)55-56(59(52)50-28-15-13-26-48(50)49-27-14-16-29-51(49)59)58(45-24-11-4-12-25-45)61-57(55)44-22-9-3-10-23-44/h1-39H. The molecule has 2 heteroatoms. The number of hydrogen-bond donors (Lipinski definition) is 0. The summed E-state index contributed by atoms with van der Waals surface area (Å²) in [5, 5.41) is 0. The van der Waals surface area contributed by atoms with Gasteiger partial charge in [-0.1, -0.05) is 206 Å². The molecule has 10 aromatic rings. The maximum Gasteiger partial charge on any atom is 0.0740 e. The van der Waals surface area contributed by atoms with Crippen LogP contribution in [0.25, 0.3) is 65.4 Å². The smallest absolute Gasteiger partial charge is 0.0740 e. The molecule has 9 aromatic carbocycles. The lowest BCUT2D eigenvalue weighted by atomic mass is 9.70. The van der Waals surface area contributed by atoms with Crippen LogP contribution in [0, 0.1) is 0 Å². The molecule has 2 aliphatic carbocycles. The van der Waals surface area contributed by atoms with E-state index in [1.54, 1.807) is 0 Å². The van der Waals surface area contributed by atoms with Crippen molar-refractivity contribution in [3.05, 3.63) is 259 Å². The number of fused-ring (bicyclic) bond motifs is 10. The third kappa shape index (κ3) is 5.46. The second-order valence-electron chi connectivity index (χ2n) is 15.9. The SMILES string of the molecule is c1ccc(-c2ccc(N(c3ccc(-c4ccccc4)cc3)c3cccc4c3-c3c(-c5ccccc5)sc(-c5ccccc5)c3C43c4ccccc4-c4ccccc43)cc2)cc1. The van der Waals surface area contributed by atoms with E-state index in [1.807, 2.05) is 11.3 Å². The molecule has 286 valence electrons. The first-order valence-electron chi connectivity index (χ1n) is 21.0. The molecule has 61 heavy (non-hydrogen) atoms. The van der Waals surface area contributed by atoms with Crippen LogP contribution in [0.4, 0.5) is 17.1 Å². The van der Waals surface area contributed by atoms with Crippen molar-refractivity contribution in [2.24, 2.45) is 0 Å². The first-order chi connectivity index (χ1) is 30.3. The zero-order valence-electron chi connectivity index (χ0n) is 33.4. The lowest BCUT2D eigenvalue weighted by molar-refractivity contribution is 0.798. The Morgan fingerprint density at radius 1 is 0.295 bits per heavy atom. The average molecular weight is 794 g/mol. The van der Waals surface area contributed by atoms with Gasteiger partial charge in [0.1, 0.15) is 0 Å². The number of anilines is 3. The molecule has 1 nitrogen and oxygen atoms in total. The monoisotopic (exact) mass is 793 g/mol. The van der Waals surface area contributed by atoms with E-state index in [1.165, 1.54) is 87.6 Å². The van der Waals surface area contributed by atoms with Crippen LogP contribution in [-0.4, -0.2) is 0 Å². The average Bonchev–Trinajstić information content (AvgIpc) is 3.98. The third-order valence-corrected chi connectivity index (χ3v) is 14.0. The van der Waals surface area contributed by atoms with Crippen molar-refractivity contribution < 1.29 is 0 Å². The van der Waals surface area contributed by atoms with Crippen LogP contribution in [0.2, 0.25) is 0 Å². The maximum absolute atomic E-state index is 2.49. The predicted molar refractivity (Wildman–Crippen MR) is 257 cm³/mol. The van der Waals surface area contributed by atoms with Gasteiger partial charge in [0, 0.05) is 32.3 Å². The molecule has 1 spiro atoms. The molecule has 0 radical (unpaired) electrons. The van der Waals surface area contributed by atoms with Gasteiger partial charge in [-0.05, 0) is 97.1 Å². The molecule has 0 amide bonds. The van der Waals surface area contributed by atoms with Gasteiger partial charge in [0.15, 0.2) is 0 Å². The molecule has 0 atom stereocenters. The summed E-state index contributed by atoms with van der Waals surface area (Å²) in [5.41, 5.74) is 20.7. The zero-order valence-corrected chi connectivity index (χ0v) is 34.2. The van der Waals surface area contributed by atoms with E-state index in [4.69, 9.17) is 0 Å². The van der Waals surface area contributed by atoms with E-state index in [0.29, 0.717) is 0 Å². The summed E-state index contributed by atoms with van der Waals surface area (Å²) < 4.78 is 0. The van der Waals surface area contributed by atoms with Gasteiger partial charge in [-0.25, -0.2) is 0 Å². The van der Waals surface area contributed by atoms with E-state index >= 15 is 0 Å². The quantitative estimate of drug-likeness (QED) is 0.155. The molecule has 0 saturated carbocycles. The normalized spacial score (nSPS) is 12.7. The van der Waals surface area contributed by atoms with Crippen molar-refractivity contribution in [3.63, 3.8) is 0 Å². The summed E-state index contributed by atoms with van der Waals surface area (Å²) in [6.45, 7) is 0. The van der Waals surface area contributed by atoms with Gasteiger partial charge >= 0.3 is 0 Å². The highest BCUT2D eigenvalue weighted by Gasteiger charge is 2.55. The van der Waals surface area contributed by atoms with E-state index in [9.17, 15) is 0 Å². The summed E-state index contributed by atoms with van der Waals surface area (Å²) in [6.07, 6.45) is 0. The van der Waals surface area contributed by atoms with Crippen LogP contribution in [0.5, 0.6) is 0 Å². The Morgan fingerprint density at radius 3 is 1.18 bits per heavy atom. The molecule has 0 unspecified atom stereocenters. The van der Waals surface area contributed by atoms with Crippen LogP contribution < -0.4 is 4.90 Å². The van der Waals surface area contributed by atoms with Crippen molar-refractivity contribution in [1.29, 1.82) is 0 Å². The number of nitrogens with zero attached hydrogens (tertiary/aromatic N) is 1. The van der Waals surface area contributed by atoms with Crippen LogP contribution in [0.3, 0.4) is 0 Å². The first-order valence-corrected chi connectivity index (χ1v) is 21.8. The topological polar surface area (TPSA) is 3.24 Å². The fraction of sp³-hybridized carbons (Fsp3) is 0.0169. The molecule has 1 heterocycles. The largest absolute Gasteiger partial charge is 0.310 e. The fourth-order valence-corrected chi connectivity index (χ4v) is 11.5. The van der Waals surface area contributed by atoms with E-state index < -0.39 is 5.41 Å². The molecule has 0 N–H and O–H groups in total. The van der Waals surface area contributed by atoms with Gasteiger partial charge in [0.2, 0.25) is 0 Å². The van der Waals surface area contributed by atoms with Crippen molar-refractivity contribution >= 4 is 28.4 Å². The number of thiophene rings is 1. The summed E-state index contributed by atoms with van der Waals surface area (Å²) in [7, 11) is 0. The minimum atomic E-state index is -0.539. The van der Waals surface area contributed by atoms with Crippen LogP contribution in [0.1, 0.15) is 22.3 Å². The van der Waals surface area contributed by atoms with E-state index in [2.05, 4.69) is 241 Å². The van der Waals surface area contributed by atoms with Crippen molar-refractivity contribution in [3.8, 4) is 65.4 Å². The third-order valence-electron chi connectivity index (χ3n) is 12.7. The highest BCUT2D eigenvalue weighted by atomic mass is 32.1.